The molecule has 66 valence electrons. The second-order valence-corrected chi connectivity index (χ2v) is 2.29. The minimum Gasteiger partial charge on any atom is -0.495 e. The fourth-order valence-corrected chi connectivity index (χ4v) is 0.848. The van der Waals surface area contributed by atoms with Gasteiger partial charge in [-0.15, -0.1) is 0 Å². The molecular weight excluding hydrogens is 189 g/mol. The molecule has 0 N–H and O–H groups in total. The molecule has 0 aliphatic carbocycles. The molecule has 0 fully saturated rings. The Morgan fingerprint density at radius 3 is 2.43 bits per heavy atom. The normalized spacial score (nSPS) is 8.29. The topological polar surface area (TPSA) is 30.7 Å². The van der Waals surface area contributed by atoms with Gasteiger partial charge >= 0.3 is 35.5 Å². The van der Waals surface area contributed by atoms with E-state index in [-0.39, 0.29) is 36.2 Å². The number of esters is 1. The third kappa shape index (κ3) is 3.51. The van der Waals surface area contributed by atoms with Crippen LogP contribution in [-0.4, -0.2) is 12.6 Å². The minimum atomic E-state index is -0.411. The van der Waals surface area contributed by atoms with Crippen molar-refractivity contribution in [1.82, 2.24) is 0 Å². The van der Waals surface area contributed by atoms with E-state index in [2.05, 4.69) is 16.5 Å². The van der Waals surface area contributed by atoms with Crippen LogP contribution in [0.15, 0.2) is 24.3 Å². The smallest absolute Gasteiger partial charge is 0.495 e. The SMILES string of the molecule is [C-]#[N+]c1ccc(C(=O)OC[CH2-])cc1.[Na+]. The molecule has 0 aliphatic rings. The van der Waals surface area contributed by atoms with E-state index in [0.717, 1.165) is 0 Å². The molecule has 3 nitrogen and oxygen atoms in total. The van der Waals surface area contributed by atoms with Gasteiger partial charge in [0.1, 0.15) is 0 Å². The van der Waals surface area contributed by atoms with Crippen LogP contribution >= 0.6 is 0 Å². The summed E-state index contributed by atoms with van der Waals surface area (Å²) in [7, 11) is 0. The van der Waals surface area contributed by atoms with E-state index in [9.17, 15) is 4.79 Å². The fourth-order valence-electron chi connectivity index (χ4n) is 0.848. The first-order valence-corrected chi connectivity index (χ1v) is 3.72. The summed E-state index contributed by atoms with van der Waals surface area (Å²) in [6.45, 7) is 10.2. The molecule has 14 heavy (non-hydrogen) atoms. The maximum atomic E-state index is 11.1. The Kier molecular flexibility index (Phi) is 6.22. The summed E-state index contributed by atoms with van der Waals surface area (Å²) in [5, 5.41) is 0. The van der Waals surface area contributed by atoms with Crippen LogP contribution < -0.4 is 29.6 Å². The van der Waals surface area contributed by atoms with E-state index in [4.69, 9.17) is 6.57 Å². The monoisotopic (exact) mass is 197 g/mol. The first-order valence-electron chi connectivity index (χ1n) is 3.72. The van der Waals surface area contributed by atoms with Crippen molar-refractivity contribution in [1.29, 1.82) is 0 Å². The van der Waals surface area contributed by atoms with Crippen LogP contribution in [0.25, 0.3) is 4.85 Å². The van der Waals surface area contributed by atoms with Crippen molar-refractivity contribution in [3.8, 4) is 0 Å². The first-order chi connectivity index (χ1) is 6.27. The molecule has 0 aliphatic heterocycles. The molecule has 0 spiro atoms. The molecule has 1 rings (SSSR count). The Bertz CT molecular complexity index is 340. The Morgan fingerprint density at radius 2 is 2.00 bits per heavy atom. The van der Waals surface area contributed by atoms with E-state index in [0.29, 0.717) is 11.3 Å². The fraction of sp³-hybridized carbons (Fsp3) is 0.100. The summed E-state index contributed by atoms with van der Waals surface area (Å²) in [4.78, 5) is 14.3. The number of carbonyl (C=O) groups excluding carboxylic acids is 1. The van der Waals surface area contributed by atoms with E-state index in [1.54, 1.807) is 24.3 Å². The Balaban J connectivity index is 0.00000169. The zero-order chi connectivity index (χ0) is 9.68. The van der Waals surface area contributed by atoms with Gasteiger partial charge in [-0.25, -0.2) is 9.64 Å². The Hall–Kier alpha value is -0.820. The van der Waals surface area contributed by atoms with Gasteiger partial charge in [-0.3, -0.25) is 0 Å². The second kappa shape index (κ2) is 6.61. The maximum absolute atomic E-state index is 11.1. The van der Waals surface area contributed by atoms with Crippen molar-refractivity contribution in [3.05, 3.63) is 48.2 Å². The summed E-state index contributed by atoms with van der Waals surface area (Å²) in [6, 6.07) is 6.27. The quantitative estimate of drug-likeness (QED) is 0.354. The summed E-state index contributed by atoms with van der Waals surface area (Å²) in [5.74, 6) is -0.411. The van der Waals surface area contributed by atoms with Crippen LogP contribution in [0.2, 0.25) is 0 Å². The van der Waals surface area contributed by atoms with Gasteiger partial charge in [0.25, 0.3) is 0 Å². The van der Waals surface area contributed by atoms with Gasteiger partial charge < -0.3 is 11.7 Å². The van der Waals surface area contributed by atoms with Crippen LogP contribution in [0, 0.1) is 13.5 Å². The zero-order valence-corrected chi connectivity index (χ0v) is 9.99. The average Bonchev–Trinajstić information content (AvgIpc) is 2.18. The van der Waals surface area contributed by atoms with Crippen LogP contribution in [0.3, 0.4) is 0 Å². The van der Waals surface area contributed by atoms with Gasteiger partial charge in [-0.2, -0.15) is 0 Å². The van der Waals surface area contributed by atoms with Crippen molar-refractivity contribution < 1.29 is 39.1 Å². The molecule has 0 amide bonds. The number of ether oxygens (including phenoxy) is 1. The van der Waals surface area contributed by atoms with Crippen molar-refractivity contribution in [2.45, 2.75) is 0 Å². The van der Waals surface area contributed by atoms with Gasteiger partial charge in [0.2, 0.25) is 0 Å². The van der Waals surface area contributed by atoms with Crippen LogP contribution in [0.4, 0.5) is 5.69 Å². The van der Waals surface area contributed by atoms with Gasteiger partial charge in [0, 0.05) is 0 Å². The minimum absolute atomic E-state index is 0. The molecule has 0 aromatic heterocycles. The second-order valence-electron chi connectivity index (χ2n) is 2.29. The van der Waals surface area contributed by atoms with E-state index >= 15 is 0 Å². The largest absolute Gasteiger partial charge is 1.00 e. The molecule has 0 bridgehead atoms. The molecule has 0 saturated heterocycles. The zero-order valence-electron chi connectivity index (χ0n) is 7.99. The van der Waals surface area contributed by atoms with Gasteiger partial charge in [-0.05, 0) is 6.61 Å². The van der Waals surface area contributed by atoms with Gasteiger partial charge in [0.05, 0.1) is 12.1 Å². The van der Waals surface area contributed by atoms with Crippen LogP contribution in [-0.2, 0) is 4.74 Å². The third-order valence-corrected chi connectivity index (χ3v) is 1.47. The number of carbonyl (C=O) groups is 1. The molecular formula is C10H8NNaO2. The number of hydrogen-bond donors (Lipinski definition) is 0. The average molecular weight is 197 g/mol. The molecule has 0 unspecified atom stereocenters. The van der Waals surface area contributed by atoms with Gasteiger partial charge in [0.15, 0.2) is 5.69 Å². The number of hydrogen-bond acceptors (Lipinski definition) is 2. The first kappa shape index (κ1) is 13.2. The van der Waals surface area contributed by atoms with Crippen molar-refractivity contribution in [2.75, 3.05) is 6.61 Å². The number of nitrogens with zero attached hydrogens (tertiary/aromatic N) is 1. The summed E-state index contributed by atoms with van der Waals surface area (Å²) < 4.78 is 4.67. The van der Waals surface area contributed by atoms with E-state index in [1.807, 2.05) is 0 Å². The molecule has 1 aromatic carbocycles. The standard InChI is InChI=1S/C10H8NO2.Na/c1-3-13-10(12)8-4-6-9(11-2)7-5-8;/h4-7H,1,3H2;/q-1;+1. The molecule has 0 saturated carbocycles. The molecule has 1 aromatic rings. The summed E-state index contributed by atoms with van der Waals surface area (Å²) >= 11 is 0. The summed E-state index contributed by atoms with van der Waals surface area (Å²) in [5.41, 5.74) is 0.947. The Labute approximate surface area is 105 Å². The molecule has 0 radical (unpaired) electrons. The summed E-state index contributed by atoms with van der Waals surface area (Å²) in [6.07, 6.45) is 0. The molecule has 0 heterocycles. The van der Waals surface area contributed by atoms with E-state index in [1.165, 1.54) is 0 Å². The number of rotatable bonds is 2. The molecule has 0 atom stereocenters. The van der Waals surface area contributed by atoms with E-state index < -0.39 is 5.97 Å². The van der Waals surface area contributed by atoms with Gasteiger partial charge in [-0.1, -0.05) is 24.3 Å². The predicted octanol–water partition coefficient (Wildman–Crippen LogP) is -0.768. The van der Waals surface area contributed by atoms with Crippen LogP contribution in [0.5, 0.6) is 0 Å². The number of benzene rings is 1. The maximum Gasteiger partial charge on any atom is 1.00 e. The third-order valence-electron chi connectivity index (χ3n) is 1.47. The van der Waals surface area contributed by atoms with Crippen molar-refractivity contribution in [3.63, 3.8) is 0 Å². The Morgan fingerprint density at radius 1 is 1.43 bits per heavy atom. The van der Waals surface area contributed by atoms with Crippen molar-refractivity contribution >= 4 is 11.7 Å². The molecule has 4 heteroatoms. The van der Waals surface area contributed by atoms with Crippen LogP contribution in [0.1, 0.15) is 10.4 Å². The van der Waals surface area contributed by atoms with Crippen molar-refractivity contribution in [2.24, 2.45) is 0 Å². The predicted molar refractivity (Wildman–Crippen MR) is 48.3 cm³/mol.